The molecule has 0 aliphatic carbocycles. The van der Waals surface area contributed by atoms with E-state index >= 15 is 0 Å². The number of carboxylic acids is 1. The molecule has 7 heteroatoms. The van der Waals surface area contributed by atoms with Crippen molar-refractivity contribution in [3.05, 3.63) is 18.2 Å². The van der Waals surface area contributed by atoms with Crippen LogP contribution in [0.1, 0.15) is 36.7 Å². The lowest BCUT2D eigenvalue weighted by Gasteiger charge is -2.17. The zero-order valence-corrected chi connectivity index (χ0v) is 12.0. The number of carboxylic acid groups (broad SMARTS) is 1. The van der Waals surface area contributed by atoms with E-state index in [9.17, 15) is 9.59 Å². The molecule has 0 saturated carbocycles. The van der Waals surface area contributed by atoms with Crippen molar-refractivity contribution in [1.82, 2.24) is 19.8 Å². The molecule has 0 aliphatic heterocycles. The van der Waals surface area contributed by atoms with Crippen LogP contribution in [0.5, 0.6) is 0 Å². The topological polar surface area (TPSA) is 87.5 Å². The third-order valence-electron chi connectivity index (χ3n) is 2.94. The van der Waals surface area contributed by atoms with Gasteiger partial charge in [0.05, 0.1) is 6.33 Å². The largest absolute Gasteiger partial charge is 0.476 e. The minimum Gasteiger partial charge on any atom is -0.476 e. The maximum atomic E-state index is 11.7. The van der Waals surface area contributed by atoms with Gasteiger partial charge in [0, 0.05) is 32.9 Å². The summed E-state index contributed by atoms with van der Waals surface area (Å²) in [6, 6.07) is -0.111. The monoisotopic (exact) mass is 282 g/mol. The van der Waals surface area contributed by atoms with Gasteiger partial charge in [-0.25, -0.2) is 14.6 Å². The number of amides is 2. The first-order valence-corrected chi connectivity index (χ1v) is 6.78. The summed E-state index contributed by atoms with van der Waals surface area (Å²) in [7, 11) is 1.77. The second kappa shape index (κ2) is 8.19. The van der Waals surface area contributed by atoms with E-state index in [0.717, 1.165) is 25.8 Å². The number of aromatic carboxylic acids is 1. The van der Waals surface area contributed by atoms with Crippen molar-refractivity contribution in [2.45, 2.75) is 32.7 Å². The molecular formula is C13H22N4O3. The van der Waals surface area contributed by atoms with E-state index in [2.05, 4.69) is 17.2 Å². The quantitative estimate of drug-likeness (QED) is 0.706. The van der Waals surface area contributed by atoms with Crippen molar-refractivity contribution in [2.24, 2.45) is 0 Å². The Hall–Kier alpha value is -2.05. The SMILES string of the molecule is CCCCCN(C)C(=O)NCCn1cnc(C(=O)O)c1. The van der Waals surface area contributed by atoms with Crippen LogP contribution in [0.3, 0.4) is 0 Å². The molecule has 0 aliphatic rings. The third kappa shape index (κ3) is 5.29. The normalized spacial score (nSPS) is 10.3. The Morgan fingerprint density at radius 2 is 2.20 bits per heavy atom. The van der Waals surface area contributed by atoms with E-state index in [4.69, 9.17) is 5.11 Å². The van der Waals surface area contributed by atoms with Crippen LogP contribution in [0.2, 0.25) is 0 Å². The molecule has 20 heavy (non-hydrogen) atoms. The molecule has 0 fully saturated rings. The van der Waals surface area contributed by atoms with Crippen LogP contribution < -0.4 is 5.32 Å². The van der Waals surface area contributed by atoms with E-state index in [1.807, 2.05) is 0 Å². The number of nitrogens with one attached hydrogen (secondary N) is 1. The van der Waals surface area contributed by atoms with Crippen molar-refractivity contribution in [1.29, 1.82) is 0 Å². The van der Waals surface area contributed by atoms with E-state index in [-0.39, 0.29) is 11.7 Å². The first-order chi connectivity index (χ1) is 9.54. The van der Waals surface area contributed by atoms with Gasteiger partial charge < -0.3 is 19.9 Å². The molecule has 0 atom stereocenters. The van der Waals surface area contributed by atoms with E-state index < -0.39 is 5.97 Å². The van der Waals surface area contributed by atoms with Gasteiger partial charge in [0.2, 0.25) is 0 Å². The fraction of sp³-hybridized carbons (Fsp3) is 0.615. The first-order valence-electron chi connectivity index (χ1n) is 6.78. The molecule has 1 heterocycles. The fourth-order valence-corrected chi connectivity index (χ4v) is 1.72. The van der Waals surface area contributed by atoms with Crippen LogP contribution in [0, 0.1) is 0 Å². The van der Waals surface area contributed by atoms with Gasteiger partial charge in [-0.2, -0.15) is 0 Å². The molecule has 0 spiro atoms. The predicted octanol–water partition coefficient (Wildman–Crippen LogP) is 1.41. The molecule has 1 aromatic rings. The second-order valence-corrected chi connectivity index (χ2v) is 4.66. The summed E-state index contributed by atoms with van der Waals surface area (Å²) < 4.78 is 1.64. The molecule has 2 amide bonds. The van der Waals surface area contributed by atoms with Crippen LogP contribution in [-0.2, 0) is 6.54 Å². The molecule has 0 saturated heterocycles. The van der Waals surface area contributed by atoms with E-state index in [1.54, 1.807) is 16.5 Å². The van der Waals surface area contributed by atoms with Gasteiger partial charge in [-0.05, 0) is 6.42 Å². The number of urea groups is 1. The predicted molar refractivity (Wildman–Crippen MR) is 74.7 cm³/mol. The highest BCUT2D eigenvalue weighted by molar-refractivity contribution is 5.84. The Kier molecular flexibility index (Phi) is 6.55. The average molecular weight is 282 g/mol. The third-order valence-corrected chi connectivity index (χ3v) is 2.94. The smallest absolute Gasteiger partial charge is 0.356 e. The summed E-state index contributed by atoms with van der Waals surface area (Å²) in [5.74, 6) is -1.05. The number of carbonyl (C=O) groups is 2. The summed E-state index contributed by atoms with van der Waals surface area (Å²) in [5.41, 5.74) is 0.00742. The molecule has 0 unspecified atom stereocenters. The number of unbranched alkanes of at least 4 members (excludes halogenated alkanes) is 2. The van der Waals surface area contributed by atoms with Crippen LogP contribution in [0.25, 0.3) is 0 Å². The Labute approximate surface area is 118 Å². The Bertz CT molecular complexity index is 445. The van der Waals surface area contributed by atoms with Crippen molar-refractivity contribution in [2.75, 3.05) is 20.1 Å². The highest BCUT2D eigenvalue weighted by Crippen LogP contribution is 1.97. The van der Waals surface area contributed by atoms with Gasteiger partial charge in [0.25, 0.3) is 0 Å². The van der Waals surface area contributed by atoms with Gasteiger partial charge in [0.1, 0.15) is 0 Å². The number of aromatic nitrogens is 2. The fourth-order valence-electron chi connectivity index (χ4n) is 1.72. The number of rotatable bonds is 8. The lowest BCUT2D eigenvalue weighted by Crippen LogP contribution is -2.39. The molecule has 7 nitrogen and oxygen atoms in total. The van der Waals surface area contributed by atoms with E-state index in [1.165, 1.54) is 12.5 Å². The maximum absolute atomic E-state index is 11.7. The molecule has 1 rings (SSSR count). The van der Waals surface area contributed by atoms with Crippen LogP contribution in [0.15, 0.2) is 12.5 Å². The van der Waals surface area contributed by atoms with Gasteiger partial charge >= 0.3 is 12.0 Å². The summed E-state index contributed by atoms with van der Waals surface area (Å²) in [6.45, 7) is 3.80. The zero-order valence-electron chi connectivity index (χ0n) is 12.0. The van der Waals surface area contributed by atoms with Crippen molar-refractivity contribution in [3.63, 3.8) is 0 Å². The Morgan fingerprint density at radius 3 is 2.80 bits per heavy atom. The number of carbonyl (C=O) groups excluding carboxylic acids is 1. The summed E-state index contributed by atoms with van der Waals surface area (Å²) in [5, 5.41) is 11.5. The minimum absolute atomic E-state index is 0.00742. The van der Waals surface area contributed by atoms with Crippen LogP contribution in [-0.4, -0.2) is 51.7 Å². The number of nitrogens with zero attached hydrogens (tertiary/aromatic N) is 3. The highest BCUT2D eigenvalue weighted by atomic mass is 16.4. The van der Waals surface area contributed by atoms with Crippen molar-refractivity contribution < 1.29 is 14.7 Å². The second-order valence-electron chi connectivity index (χ2n) is 4.66. The molecule has 0 bridgehead atoms. The molecule has 2 N–H and O–H groups in total. The maximum Gasteiger partial charge on any atom is 0.356 e. The number of imidazole rings is 1. The minimum atomic E-state index is -1.05. The lowest BCUT2D eigenvalue weighted by molar-refractivity contribution is 0.0691. The Morgan fingerprint density at radius 1 is 1.45 bits per heavy atom. The van der Waals surface area contributed by atoms with Gasteiger partial charge in [-0.1, -0.05) is 19.8 Å². The van der Waals surface area contributed by atoms with Crippen molar-refractivity contribution in [3.8, 4) is 0 Å². The Balaban J connectivity index is 2.25. The summed E-state index contributed by atoms with van der Waals surface area (Å²) in [6.07, 6.45) is 6.14. The van der Waals surface area contributed by atoms with Gasteiger partial charge in [-0.15, -0.1) is 0 Å². The molecule has 112 valence electrons. The zero-order chi connectivity index (χ0) is 15.0. The number of hydrogen-bond acceptors (Lipinski definition) is 3. The van der Waals surface area contributed by atoms with E-state index in [0.29, 0.717) is 13.1 Å². The first kappa shape index (κ1) is 16.0. The molecular weight excluding hydrogens is 260 g/mol. The standard InChI is InChI=1S/C13H22N4O3/c1-3-4-5-7-16(2)13(20)14-6-8-17-9-11(12(18)19)15-10-17/h9-10H,3-8H2,1-2H3,(H,14,20)(H,18,19). The van der Waals surface area contributed by atoms with Gasteiger partial charge in [-0.3, -0.25) is 0 Å². The highest BCUT2D eigenvalue weighted by Gasteiger charge is 2.08. The molecule has 0 radical (unpaired) electrons. The van der Waals surface area contributed by atoms with Crippen LogP contribution >= 0.6 is 0 Å². The summed E-state index contributed by atoms with van der Waals surface area (Å²) in [4.78, 5) is 27.8. The average Bonchev–Trinajstić information content (AvgIpc) is 2.87. The summed E-state index contributed by atoms with van der Waals surface area (Å²) >= 11 is 0. The van der Waals surface area contributed by atoms with Crippen LogP contribution in [0.4, 0.5) is 4.79 Å². The lowest BCUT2D eigenvalue weighted by atomic mass is 10.2. The molecule has 1 aromatic heterocycles. The van der Waals surface area contributed by atoms with Gasteiger partial charge in [0.15, 0.2) is 5.69 Å². The van der Waals surface area contributed by atoms with Crippen molar-refractivity contribution >= 4 is 12.0 Å². The molecule has 0 aromatic carbocycles. The number of hydrogen-bond donors (Lipinski definition) is 2.